The van der Waals surface area contributed by atoms with E-state index >= 15 is 0 Å². The third kappa shape index (κ3) is 5.38. The molecule has 0 aromatic rings. The Labute approximate surface area is 99.7 Å². The summed E-state index contributed by atoms with van der Waals surface area (Å²) in [6.07, 6.45) is 6.67. The average Bonchev–Trinajstić information content (AvgIpc) is 2.16. The zero-order valence-electron chi connectivity index (χ0n) is 11.1. The lowest BCUT2D eigenvalue weighted by molar-refractivity contribution is 0.133. The molecule has 0 bridgehead atoms. The van der Waals surface area contributed by atoms with Crippen LogP contribution in [0.15, 0.2) is 4.99 Å². The zero-order valence-corrected chi connectivity index (χ0v) is 11.1. The molecule has 1 aliphatic carbocycles. The Bertz CT molecular complexity index is 218. The standard InChI is InChI=1S/C13H26N2O/c1-10(2)14-13(15-11(3)4)16-12-8-6-5-7-9-12/h10-12H,5-9H2,1-4H3,(H,14,15). The molecule has 0 unspecified atom stereocenters. The molecule has 3 heteroatoms. The monoisotopic (exact) mass is 226 g/mol. The van der Waals surface area contributed by atoms with Gasteiger partial charge in [-0.15, -0.1) is 0 Å². The molecule has 1 aliphatic rings. The van der Waals surface area contributed by atoms with Crippen LogP contribution in [0, 0.1) is 0 Å². The Morgan fingerprint density at radius 3 is 2.25 bits per heavy atom. The third-order valence-corrected chi connectivity index (χ3v) is 2.62. The van der Waals surface area contributed by atoms with Crippen molar-refractivity contribution in [2.24, 2.45) is 4.99 Å². The summed E-state index contributed by atoms with van der Waals surface area (Å²) in [5, 5.41) is 3.29. The van der Waals surface area contributed by atoms with Crippen molar-refractivity contribution in [1.82, 2.24) is 5.32 Å². The number of hydrogen-bond donors (Lipinski definition) is 1. The van der Waals surface area contributed by atoms with Crippen molar-refractivity contribution in [1.29, 1.82) is 0 Å². The largest absolute Gasteiger partial charge is 0.462 e. The second-order valence-electron chi connectivity index (χ2n) is 5.20. The van der Waals surface area contributed by atoms with Crippen molar-refractivity contribution in [3.8, 4) is 0 Å². The van der Waals surface area contributed by atoms with E-state index in [4.69, 9.17) is 4.74 Å². The first-order valence-electron chi connectivity index (χ1n) is 6.59. The van der Waals surface area contributed by atoms with Gasteiger partial charge in [-0.3, -0.25) is 0 Å². The quantitative estimate of drug-likeness (QED) is 0.592. The van der Waals surface area contributed by atoms with Crippen LogP contribution in [-0.2, 0) is 4.74 Å². The van der Waals surface area contributed by atoms with Crippen LogP contribution in [0.2, 0.25) is 0 Å². The number of nitrogens with one attached hydrogen (secondary N) is 1. The molecule has 0 amide bonds. The van der Waals surface area contributed by atoms with E-state index in [0.717, 1.165) is 6.02 Å². The fraction of sp³-hybridized carbons (Fsp3) is 0.923. The number of ether oxygens (including phenoxy) is 1. The van der Waals surface area contributed by atoms with Gasteiger partial charge in [0.15, 0.2) is 0 Å². The van der Waals surface area contributed by atoms with Crippen molar-refractivity contribution >= 4 is 6.02 Å². The van der Waals surface area contributed by atoms with Crippen molar-refractivity contribution in [3.05, 3.63) is 0 Å². The topological polar surface area (TPSA) is 33.6 Å². The Morgan fingerprint density at radius 1 is 1.12 bits per heavy atom. The summed E-state index contributed by atoms with van der Waals surface area (Å²) in [7, 11) is 0. The fourth-order valence-corrected chi connectivity index (χ4v) is 1.92. The summed E-state index contributed by atoms with van der Waals surface area (Å²) in [5.74, 6) is 0. The van der Waals surface area contributed by atoms with E-state index in [2.05, 4.69) is 38.0 Å². The molecule has 0 atom stereocenters. The highest BCUT2D eigenvalue weighted by Gasteiger charge is 2.17. The van der Waals surface area contributed by atoms with Crippen LogP contribution in [0.5, 0.6) is 0 Å². The van der Waals surface area contributed by atoms with E-state index < -0.39 is 0 Å². The lowest BCUT2D eigenvalue weighted by atomic mass is 9.98. The summed E-state index contributed by atoms with van der Waals surface area (Å²) >= 11 is 0. The van der Waals surface area contributed by atoms with Crippen molar-refractivity contribution in [2.45, 2.75) is 78.0 Å². The second kappa shape index (κ2) is 6.77. The minimum atomic E-state index is 0.282. The number of rotatable bonds is 3. The smallest absolute Gasteiger partial charge is 0.285 e. The Kier molecular flexibility index (Phi) is 5.64. The van der Waals surface area contributed by atoms with E-state index in [1.807, 2.05) is 0 Å². The van der Waals surface area contributed by atoms with Crippen molar-refractivity contribution in [3.63, 3.8) is 0 Å². The van der Waals surface area contributed by atoms with Crippen LogP contribution in [0.25, 0.3) is 0 Å². The normalized spacial score (nSPS) is 19.2. The number of aliphatic imine (C=N–C) groups is 1. The van der Waals surface area contributed by atoms with Crippen LogP contribution in [0.1, 0.15) is 59.8 Å². The van der Waals surface area contributed by atoms with E-state index in [9.17, 15) is 0 Å². The van der Waals surface area contributed by atoms with Crippen molar-refractivity contribution in [2.75, 3.05) is 0 Å². The van der Waals surface area contributed by atoms with E-state index in [0.29, 0.717) is 12.1 Å². The number of hydrogen-bond acceptors (Lipinski definition) is 2. The molecular formula is C13H26N2O. The molecule has 16 heavy (non-hydrogen) atoms. The molecule has 1 rings (SSSR count). The highest BCUT2D eigenvalue weighted by atomic mass is 16.5. The lowest BCUT2D eigenvalue weighted by Crippen LogP contribution is -2.36. The molecule has 0 aromatic heterocycles. The summed E-state index contributed by atoms with van der Waals surface area (Å²) in [4.78, 5) is 4.49. The first-order valence-corrected chi connectivity index (χ1v) is 6.59. The number of nitrogens with zero attached hydrogens (tertiary/aromatic N) is 1. The van der Waals surface area contributed by atoms with Gasteiger partial charge in [-0.1, -0.05) is 6.42 Å². The van der Waals surface area contributed by atoms with Gasteiger partial charge in [0.25, 0.3) is 6.02 Å². The summed E-state index contributed by atoms with van der Waals surface area (Å²) in [5.41, 5.74) is 0. The molecular weight excluding hydrogens is 200 g/mol. The maximum atomic E-state index is 5.95. The maximum absolute atomic E-state index is 5.95. The number of amidine groups is 1. The third-order valence-electron chi connectivity index (χ3n) is 2.62. The summed E-state index contributed by atoms with van der Waals surface area (Å²) in [6, 6.07) is 1.39. The molecule has 1 fully saturated rings. The summed E-state index contributed by atoms with van der Waals surface area (Å²) < 4.78 is 5.95. The molecule has 0 aliphatic heterocycles. The predicted molar refractivity (Wildman–Crippen MR) is 68.8 cm³/mol. The highest BCUT2D eigenvalue weighted by molar-refractivity contribution is 5.74. The van der Waals surface area contributed by atoms with Gasteiger partial charge in [0.1, 0.15) is 6.10 Å². The Hall–Kier alpha value is -0.730. The highest BCUT2D eigenvalue weighted by Crippen LogP contribution is 2.20. The zero-order chi connectivity index (χ0) is 12.0. The van der Waals surface area contributed by atoms with Gasteiger partial charge in [-0.05, 0) is 53.4 Å². The molecule has 0 heterocycles. The van der Waals surface area contributed by atoms with Crippen LogP contribution in [0.3, 0.4) is 0 Å². The average molecular weight is 226 g/mol. The molecule has 0 spiro atoms. The minimum Gasteiger partial charge on any atom is -0.462 e. The van der Waals surface area contributed by atoms with Gasteiger partial charge in [0, 0.05) is 12.1 Å². The van der Waals surface area contributed by atoms with Gasteiger partial charge >= 0.3 is 0 Å². The first kappa shape index (κ1) is 13.3. The molecule has 3 nitrogen and oxygen atoms in total. The van der Waals surface area contributed by atoms with E-state index in [1.54, 1.807) is 0 Å². The fourth-order valence-electron chi connectivity index (χ4n) is 1.92. The van der Waals surface area contributed by atoms with Crippen LogP contribution in [0.4, 0.5) is 0 Å². The Morgan fingerprint density at radius 2 is 1.75 bits per heavy atom. The van der Waals surface area contributed by atoms with E-state index in [1.165, 1.54) is 32.1 Å². The first-order chi connectivity index (χ1) is 7.58. The van der Waals surface area contributed by atoms with E-state index in [-0.39, 0.29) is 6.04 Å². The van der Waals surface area contributed by atoms with Crippen LogP contribution >= 0.6 is 0 Å². The molecule has 0 aromatic carbocycles. The molecule has 0 radical (unpaired) electrons. The molecule has 0 saturated heterocycles. The maximum Gasteiger partial charge on any atom is 0.285 e. The van der Waals surface area contributed by atoms with Crippen LogP contribution in [-0.4, -0.2) is 24.2 Å². The minimum absolute atomic E-state index is 0.282. The predicted octanol–water partition coefficient (Wildman–Crippen LogP) is 3.10. The van der Waals surface area contributed by atoms with Crippen molar-refractivity contribution < 1.29 is 4.74 Å². The molecule has 1 N–H and O–H groups in total. The van der Waals surface area contributed by atoms with Gasteiger partial charge in [0.05, 0.1) is 0 Å². The lowest BCUT2D eigenvalue weighted by Gasteiger charge is -2.25. The summed E-state index contributed by atoms with van der Waals surface area (Å²) in [6.45, 7) is 8.37. The SMILES string of the molecule is CC(C)N=C(NC(C)C)OC1CCCCC1. The van der Waals surface area contributed by atoms with Gasteiger partial charge in [0.2, 0.25) is 0 Å². The van der Waals surface area contributed by atoms with Gasteiger partial charge < -0.3 is 10.1 Å². The van der Waals surface area contributed by atoms with Gasteiger partial charge in [-0.25, -0.2) is 4.99 Å². The molecule has 94 valence electrons. The van der Waals surface area contributed by atoms with Crippen LogP contribution < -0.4 is 5.32 Å². The molecule has 1 saturated carbocycles. The Balaban J connectivity index is 2.48. The second-order valence-corrected chi connectivity index (χ2v) is 5.20. The van der Waals surface area contributed by atoms with Gasteiger partial charge in [-0.2, -0.15) is 0 Å².